The molecule has 12 heteroatoms. The Morgan fingerprint density at radius 3 is 2.55 bits per heavy atom. The second-order valence-corrected chi connectivity index (χ2v) is 11.9. The van der Waals surface area contributed by atoms with Crippen molar-refractivity contribution in [2.45, 2.75) is 65.3 Å². The first kappa shape index (κ1) is 29.8. The van der Waals surface area contributed by atoms with Crippen LogP contribution in [0.5, 0.6) is 5.75 Å². The average Bonchev–Trinajstić information content (AvgIpc) is 3.36. The molecule has 0 saturated carbocycles. The van der Waals surface area contributed by atoms with Gasteiger partial charge in [0.25, 0.3) is 5.56 Å². The third kappa shape index (κ3) is 5.01. The van der Waals surface area contributed by atoms with Gasteiger partial charge < -0.3 is 29.4 Å². The molecule has 0 radical (unpaired) electrons. The number of benzene rings is 1. The number of nitrogens with one attached hydrogen (secondary N) is 1. The maximum Gasteiger partial charge on any atom is 0.415 e. The van der Waals surface area contributed by atoms with E-state index >= 15 is 0 Å². The highest BCUT2D eigenvalue weighted by molar-refractivity contribution is 5.90. The summed E-state index contributed by atoms with van der Waals surface area (Å²) in [6.45, 7) is 10.0. The standard InChI is InChI=1S/C32H37N5O7/c1-5-20-21-13-19(44-31(41)36-11-9-35(10-12-36)16-27(38)33-18(3)4)7-8-25(21)34-28-22(20)15-37-26(28)14-24-23(29(37)39)17-43-30(40)32(24,42)6-2/h7-8,13-14,18,42H,5-6,9-12,15-17H2,1-4H3,(H,33,38)/t32-/m0/s1. The minimum Gasteiger partial charge on any atom is -0.458 e. The highest BCUT2D eigenvalue weighted by Crippen LogP contribution is 2.40. The molecule has 1 fully saturated rings. The van der Waals surface area contributed by atoms with E-state index in [2.05, 4.69) is 5.32 Å². The van der Waals surface area contributed by atoms with Crippen molar-refractivity contribution in [3.05, 3.63) is 56.9 Å². The van der Waals surface area contributed by atoms with Crippen molar-refractivity contribution >= 4 is 28.9 Å². The van der Waals surface area contributed by atoms with Gasteiger partial charge in [-0.2, -0.15) is 0 Å². The summed E-state index contributed by atoms with van der Waals surface area (Å²) in [6, 6.07) is 7.09. The van der Waals surface area contributed by atoms with Gasteiger partial charge in [0.2, 0.25) is 5.91 Å². The van der Waals surface area contributed by atoms with E-state index in [-0.39, 0.29) is 41.7 Å². The molecule has 3 aliphatic rings. The number of ether oxygens (including phenoxy) is 2. The molecule has 2 amide bonds. The molecule has 3 aliphatic heterocycles. The van der Waals surface area contributed by atoms with Gasteiger partial charge in [0.15, 0.2) is 5.60 Å². The third-order valence-electron chi connectivity index (χ3n) is 8.78. The molecule has 2 aromatic heterocycles. The number of rotatable bonds is 6. The maximum atomic E-state index is 13.6. The van der Waals surface area contributed by atoms with Crippen molar-refractivity contribution in [1.29, 1.82) is 0 Å². The number of hydrogen-bond donors (Lipinski definition) is 2. The van der Waals surface area contributed by atoms with Crippen LogP contribution in [-0.4, -0.2) is 81.2 Å². The first-order valence-electron chi connectivity index (χ1n) is 15.1. The quantitative estimate of drug-likeness (QED) is 0.317. The Morgan fingerprint density at radius 2 is 1.86 bits per heavy atom. The molecule has 5 heterocycles. The molecule has 1 atom stereocenters. The van der Waals surface area contributed by atoms with Gasteiger partial charge >= 0.3 is 12.1 Å². The molecule has 232 valence electrons. The Hall–Kier alpha value is -4.29. The van der Waals surface area contributed by atoms with Gasteiger partial charge in [0.1, 0.15) is 12.4 Å². The number of aryl methyl sites for hydroxylation is 1. The fraction of sp³-hybridized carbons (Fsp3) is 0.469. The number of carbonyl (C=O) groups is 3. The number of piperazine rings is 1. The van der Waals surface area contributed by atoms with Crippen molar-refractivity contribution in [1.82, 2.24) is 24.7 Å². The Labute approximate surface area is 254 Å². The van der Waals surface area contributed by atoms with Crippen molar-refractivity contribution in [3.63, 3.8) is 0 Å². The van der Waals surface area contributed by atoms with Crippen LogP contribution in [0.3, 0.4) is 0 Å². The summed E-state index contributed by atoms with van der Waals surface area (Å²) in [4.78, 5) is 59.7. The second-order valence-electron chi connectivity index (χ2n) is 11.9. The van der Waals surface area contributed by atoms with Gasteiger partial charge in [-0.3, -0.25) is 14.5 Å². The zero-order valence-corrected chi connectivity index (χ0v) is 25.4. The van der Waals surface area contributed by atoms with Crippen LogP contribution in [-0.2, 0) is 39.5 Å². The monoisotopic (exact) mass is 603 g/mol. The SMILES string of the molecule is CCc1c2c(nc3ccc(OC(=O)N4CCN(CC(=O)NC(C)C)CC4)cc13)-c1cc3c(c(=O)n1C2)COC(=O)[C@]3(O)CC. The van der Waals surface area contributed by atoms with Crippen molar-refractivity contribution in [2.24, 2.45) is 0 Å². The summed E-state index contributed by atoms with van der Waals surface area (Å²) in [5.74, 6) is -0.392. The van der Waals surface area contributed by atoms with Crippen LogP contribution < -0.4 is 15.6 Å². The average molecular weight is 604 g/mol. The minimum atomic E-state index is -1.89. The van der Waals surface area contributed by atoms with Gasteiger partial charge in [0.05, 0.1) is 35.6 Å². The van der Waals surface area contributed by atoms with E-state index < -0.39 is 17.7 Å². The van der Waals surface area contributed by atoms with E-state index in [1.807, 2.05) is 31.7 Å². The maximum absolute atomic E-state index is 13.6. The summed E-state index contributed by atoms with van der Waals surface area (Å²) >= 11 is 0. The molecular formula is C32H37N5O7. The van der Waals surface area contributed by atoms with Crippen LogP contribution in [0.1, 0.15) is 56.4 Å². The topological polar surface area (TPSA) is 143 Å². The number of hydrogen-bond acceptors (Lipinski definition) is 9. The molecule has 0 spiro atoms. The lowest BCUT2D eigenvalue weighted by Gasteiger charge is -2.33. The number of esters is 1. The number of nitrogens with zero attached hydrogens (tertiary/aromatic N) is 4. The zero-order valence-electron chi connectivity index (χ0n) is 25.4. The zero-order chi connectivity index (χ0) is 31.3. The third-order valence-corrected chi connectivity index (χ3v) is 8.78. The predicted octanol–water partition coefficient (Wildman–Crippen LogP) is 2.28. The Bertz CT molecular complexity index is 1740. The summed E-state index contributed by atoms with van der Waals surface area (Å²) in [5.41, 5.74) is 2.10. The molecule has 3 aromatic rings. The molecule has 1 aromatic carbocycles. The fourth-order valence-corrected chi connectivity index (χ4v) is 6.43. The first-order chi connectivity index (χ1) is 21.0. The summed E-state index contributed by atoms with van der Waals surface area (Å²) in [6.07, 6.45) is 0.271. The first-order valence-corrected chi connectivity index (χ1v) is 15.1. The van der Waals surface area contributed by atoms with E-state index in [9.17, 15) is 24.3 Å². The van der Waals surface area contributed by atoms with Gasteiger partial charge in [-0.25, -0.2) is 14.6 Å². The lowest BCUT2D eigenvalue weighted by molar-refractivity contribution is -0.172. The van der Waals surface area contributed by atoms with Gasteiger partial charge in [-0.15, -0.1) is 0 Å². The Kier molecular flexibility index (Phi) is 7.66. The number of aromatic nitrogens is 2. The molecular weight excluding hydrogens is 566 g/mol. The number of pyridine rings is 2. The van der Waals surface area contributed by atoms with E-state index in [1.165, 1.54) is 0 Å². The molecule has 44 heavy (non-hydrogen) atoms. The number of carbonyl (C=O) groups excluding carboxylic acids is 3. The predicted molar refractivity (Wildman–Crippen MR) is 161 cm³/mol. The summed E-state index contributed by atoms with van der Waals surface area (Å²) in [5, 5.41) is 14.9. The molecule has 0 aliphatic carbocycles. The lowest BCUT2D eigenvalue weighted by Crippen LogP contribution is -2.52. The van der Waals surface area contributed by atoms with Crippen LogP contribution in [0.25, 0.3) is 22.3 Å². The Balaban J connectivity index is 1.25. The second kappa shape index (κ2) is 11.3. The highest BCUT2D eigenvalue weighted by Gasteiger charge is 2.45. The number of cyclic esters (lactones) is 1. The largest absolute Gasteiger partial charge is 0.458 e. The number of fused-ring (bicyclic) bond motifs is 5. The normalized spacial score (nSPS) is 19.4. The van der Waals surface area contributed by atoms with E-state index in [4.69, 9.17) is 14.5 Å². The van der Waals surface area contributed by atoms with Crippen LogP contribution in [0.15, 0.2) is 29.1 Å². The molecule has 12 nitrogen and oxygen atoms in total. The summed E-state index contributed by atoms with van der Waals surface area (Å²) in [7, 11) is 0. The van der Waals surface area contributed by atoms with Crippen molar-refractivity contribution in [2.75, 3.05) is 32.7 Å². The molecule has 6 rings (SSSR count). The van der Waals surface area contributed by atoms with Crippen molar-refractivity contribution in [3.8, 4) is 17.1 Å². The van der Waals surface area contributed by atoms with Crippen molar-refractivity contribution < 1.29 is 29.0 Å². The molecule has 0 unspecified atom stereocenters. The lowest BCUT2D eigenvalue weighted by atomic mass is 9.86. The fourth-order valence-electron chi connectivity index (χ4n) is 6.43. The smallest absolute Gasteiger partial charge is 0.415 e. The van der Waals surface area contributed by atoms with Crippen LogP contribution >= 0.6 is 0 Å². The highest BCUT2D eigenvalue weighted by atomic mass is 16.6. The number of amides is 2. The summed E-state index contributed by atoms with van der Waals surface area (Å²) < 4.78 is 12.6. The van der Waals surface area contributed by atoms with Gasteiger partial charge in [-0.1, -0.05) is 13.8 Å². The molecule has 2 N–H and O–H groups in total. The molecule has 0 bridgehead atoms. The minimum absolute atomic E-state index is 0.0295. The Morgan fingerprint density at radius 1 is 1.11 bits per heavy atom. The van der Waals surface area contributed by atoms with Gasteiger partial charge in [0, 0.05) is 48.7 Å². The van der Waals surface area contributed by atoms with E-state index in [0.29, 0.717) is 68.3 Å². The van der Waals surface area contributed by atoms with E-state index in [1.54, 1.807) is 34.6 Å². The molecule has 1 saturated heterocycles. The van der Waals surface area contributed by atoms with Crippen LogP contribution in [0, 0.1) is 0 Å². The van der Waals surface area contributed by atoms with Gasteiger partial charge in [-0.05, 0) is 56.5 Å². The van der Waals surface area contributed by atoms with Crippen LogP contribution in [0.2, 0.25) is 0 Å². The van der Waals surface area contributed by atoms with E-state index in [0.717, 1.165) is 16.5 Å². The number of aliphatic hydroxyl groups is 1. The van der Waals surface area contributed by atoms with Crippen LogP contribution in [0.4, 0.5) is 4.79 Å².